The summed E-state index contributed by atoms with van der Waals surface area (Å²) in [6.45, 7) is 1.61. The first kappa shape index (κ1) is 22.4. The number of alkyl halides is 4. The number of halogens is 4. The molecule has 3 aliphatic rings. The standard InChI is InChI=1S/C22H23F4N3O3S/c1-8-14(13-7-11-10(19(27)22(24,25)26)3-2-4-12(11)33-13)16(23)18(30)15-17(8)29(9-5-6-9)21(32)28-20(15)31/h7,9-10,14,16,19,30H,2-6,27H2,1H3,(H,28,31,32). The van der Waals surface area contributed by atoms with Crippen LogP contribution in [-0.4, -0.2) is 33.0 Å². The lowest BCUT2D eigenvalue weighted by Gasteiger charge is -2.29. The summed E-state index contributed by atoms with van der Waals surface area (Å²) < 4.78 is 57.0. The van der Waals surface area contributed by atoms with Crippen LogP contribution in [0, 0.1) is 0 Å². The van der Waals surface area contributed by atoms with E-state index in [-0.39, 0.29) is 23.0 Å². The van der Waals surface area contributed by atoms with Crippen LogP contribution >= 0.6 is 11.3 Å². The molecule has 0 spiro atoms. The number of aryl methyl sites for hydroxylation is 1. The number of aliphatic hydroxyl groups is 1. The van der Waals surface area contributed by atoms with E-state index in [0.29, 0.717) is 28.9 Å². The van der Waals surface area contributed by atoms with E-state index < -0.39 is 47.2 Å². The smallest absolute Gasteiger partial charge is 0.404 e. The lowest BCUT2D eigenvalue weighted by Crippen LogP contribution is -2.58. The number of aromatic amines is 1. The van der Waals surface area contributed by atoms with E-state index >= 15 is 4.39 Å². The maximum absolute atomic E-state index is 15.5. The molecule has 33 heavy (non-hydrogen) atoms. The van der Waals surface area contributed by atoms with E-state index in [0.717, 1.165) is 17.7 Å². The third kappa shape index (κ3) is 3.47. The number of aromatic nitrogens is 2. The third-order valence-corrected chi connectivity index (χ3v) is 8.30. The summed E-state index contributed by atoms with van der Waals surface area (Å²) in [6, 6.07) is -0.592. The molecule has 0 bridgehead atoms. The molecule has 5 rings (SSSR count). The van der Waals surface area contributed by atoms with Crippen molar-refractivity contribution in [2.45, 2.75) is 75.3 Å². The van der Waals surface area contributed by atoms with Crippen molar-refractivity contribution >= 4 is 22.7 Å². The van der Waals surface area contributed by atoms with E-state index in [9.17, 15) is 27.9 Å². The normalized spacial score (nSPS) is 26.2. The minimum absolute atomic E-state index is 0.145. The van der Waals surface area contributed by atoms with Crippen LogP contribution in [0.15, 0.2) is 15.7 Å². The highest BCUT2D eigenvalue weighted by Gasteiger charge is 2.45. The second kappa shape index (κ2) is 7.56. The highest BCUT2D eigenvalue weighted by Crippen LogP contribution is 2.46. The minimum Gasteiger partial charge on any atom is -0.508 e. The summed E-state index contributed by atoms with van der Waals surface area (Å²) in [6.07, 6.45) is -3.66. The van der Waals surface area contributed by atoms with Gasteiger partial charge in [0.25, 0.3) is 5.56 Å². The number of rotatable bonds is 3. The van der Waals surface area contributed by atoms with Crippen LogP contribution < -0.4 is 27.6 Å². The molecule has 1 fully saturated rings. The van der Waals surface area contributed by atoms with Gasteiger partial charge in [0.05, 0.1) is 11.3 Å². The first-order valence-electron chi connectivity index (χ1n) is 10.9. The molecule has 6 nitrogen and oxygen atoms in total. The number of nitrogens with one attached hydrogen (secondary N) is 1. The summed E-state index contributed by atoms with van der Waals surface area (Å²) >= 11 is 1.21. The molecule has 1 saturated carbocycles. The lowest BCUT2D eigenvalue weighted by molar-refractivity contribution is -0.153. The van der Waals surface area contributed by atoms with Gasteiger partial charge in [-0.1, -0.05) is 0 Å². The van der Waals surface area contributed by atoms with Crippen molar-refractivity contribution in [2.75, 3.05) is 0 Å². The van der Waals surface area contributed by atoms with Gasteiger partial charge in [0, 0.05) is 21.7 Å². The number of thiophene rings is 1. The number of aliphatic hydroxyl groups excluding tert-OH is 1. The average Bonchev–Trinajstić information content (AvgIpc) is 3.48. The Morgan fingerprint density at radius 3 is 2.61 bits per heavy atom. The number of H-pyrrole nitrogens is 1. The van der Waals surface area contributed by atoms with Gasteiger partial charge in [-0.05, 0) is 56.2 Å². The molecule has 3 aliphatic carbocycles. The van der Waals surface area contributed by atoms with E-state index in [2.05, 4.69) is 4.98 Å². The average molecular weight is 486 g/mol. The molecule has 0 radical (unpaired) electrons. The molecule has 4 unspecified atom stereocenters. The third-order valence-electron chi connectivity index (χ3n) is 7.00. The van der Waals surface area contributed by atoms with E-state index in [1.165, 1.54) is 15.9 Å². The quantitative estimate of drug-likeness (QED) is 0.581. The zero-order chi connectivity index (χ0) is 23.8. The van der Waals surface area contributed by atoms with Gasteiger partial charge in [0.2, 0.25) is 0 Å². The summed E-state index contributed by atoms with van der Waals surface area (Å²) in [7, 11) is 0. The van der Waals surface area contributed by atoms with Gasteiger partial charge in [-0.2, -0.15) is 13.2 Å². The van der Waals surface area contributed by atoms with Gasteiger partial charge in [0.1, 0.15) is 17.0 Å². The van der Waals surface area contributed by atoms with Crippen molar-refractivity contribution in [1.29, 1.82) is 0 Å². The number of fused-ring (bicyclic) bond motifs is 2. The van der Waals surface area contributed by atoms with Gasteiger partial charge < -0.3 is 10.8 Å². The SMILES string of the molecule is CC1=c2c(c(=O)[nH]c(=O)n2C2CC2)=C(O)C(F)C1c1cc2c(s1)CCCC2C(N)C(F)(F)F. The Hall–Kier alpha value is -2.40. The number of hydrogen-bond acceptors (Lipinski definition) is 5. The number of nitrogens with two attached hydrogens (primary N) is 1. The van der Waals surface area contributed by atoms with Crippen molar-refractivity contribution in [1.82, 2.24) is 9.55 Å². The van der Waals surface area contributed by atoms with Crippen LogP contribution in [0.1, 0.15) is 65.8 Å². The first-order chi connectivity index (χ1) is 15.5. The molecular formula is C22H23F4N3O3S. The summed E-state index contributed by atoms with van der Waals surface area (Å²) in [5.41, 5.74) is 4.94. The zero-order valence-electron chi connectivity index (χ0n) is 17.7. The fourth-order valence-corrected chi connectivity index (χ4v) is 6.71. The fourth-order valence-electron chi connectivity index (χ4n) is 5.24. The lowest BCUT2D eigenvalue weighted by atomic mass is 9.81. The molecule has 178 valence electrons. The topological polar surface area (TPSA) is 101 Å². The fraction of sp³-hybridized carbons (Fsp3) is 0.545. The zero-order valence-corrected chi connectivity index (χ0v) is 18.5. The van der Waals surface area contributed by atoms with Crippen LogP contribution in [0.4, 0.5) is 17.6 Å². The van der Waals surface area contributed by atoms with Gasteiger partial charge in [-0.3, -0.25) is 14.3 Å². The summed E-state index contributed by atoms with van der Waals surface area (Å²) in [5, 5.41) is 10.6. The Balaban J connectivity index is 1.70. The van der Waals surface area contributed by atoms with Crippen molar-refractivity contribution in [3.05, 3.63) is 52.8 Å². The molecule has 0 amide bonds. The maximum atomic E-state index is 15.5. The monoisotopic (exact) mass is 485 g/mol. The molecule has 2 heterocycles. The van der Waals surface area contributed by atoms with E-state index in [4.69, 9.17) is 5.73 Å². The predicted molar refractivity (Wildman–Crippen MR) is 116 cm³/mol. The highest BCUT2D eigenvalue weighted by molar-refractivity contribution is 7.12. The van der Waals surface area contributed by atoms with Gasteiger partial charge in [-0.15, -0.1) is 11.3 Å². The van der Waals surface area contributed by atoms with Crippen LogP contribution in [0.25, 0.3) is 11.3 Å². The van der Waals surface area contributed by atoms with E-state index in [1.807, 2.05) is 0 Å². The first-order valence-corrected chi connectivity index (χ1v) is 11.7. The Morgan fingerprint density at radius 2 is 1.97 bits per heavy atom. The Labute approximate surface area is 189 Å². The van der Waals surface area contributed by atoms with Crippen molar-refractivity contribution in [2.24, 2.45) is 5.73 Å². The van der Waals surface area contributed by atoms with Gasteiger partial charge in [0.15, 0.2) is 6.17 Å². The maximum Gasteiger partial charge on any atom is 0.404 e. The Kier molecular flexibility index (Phi) is 5.13. The highest BCUT2D eigenvalue weighted by atomic mass is 32.1. The molecular weight excluding hydrogens is 462 g/mol. The van der Waals surface area contributed by atoms with Crippen molar-refractivity contribution in [3.63, 3.8) is 0 Å². The number of hydrogen-bond donors (Lipinski definition) is 3. The number of nitrogens with zero attached hydrogens (tertiary/aromatic N) is 1. The molecule has 4 atom stereocenters. The van der Waals surface area contributed by atoms with Gasteiger partial charge in [-0.25, -0.2) is 9.18 Å². The summed E-state index contributed by atoms with van der Waals surface area (Å²) in [4.78, 5) is 28.3. The van der Waals surface area contributed by atoms with Crippen LogP contribution in [0.3, 0.4) is 0 Å². The molecule has 0 aromatic carbocycles. The van der Waals surface area contributed by atoms with Crippen LogP contribution in [0.2, 0.25) is 0 Å². The Bertz CT molecular complexity index is 1370. The Morgan fingerprint density at radius 1 is 1.27 bits per heavy atom. The van der Waals surface area contributed by atoms with Crippen LogP contribution in [0.5, 0.6) is 0 Å². The van der Waals surface area contributed by atoms with Crippen molar-refractivity contribution in [3.8, 4) is 0 Å². The molecule has 4 N–H and O–H groups in total. The van der Waals surface area contributed by atoms with E-state index in [1.54, 1.807) is 13.0 Å². The summed E-state index contributed by atoms with van der Waals surface area (Å²) in [5.74, 6) is -2.69. The molecule has 0 saturated heterocycles. The molecule has 11 heteroatoms. The van der Waals surface area contributed by atoms with Crippen molar-refractivity contribution < 1.29 is 22.7 Å². The molecule has 2 aromatic rings. The predicted octanol–water partition coefficient (Wildman–Crippen LogP) is 2.21. The molecule has 0 aliphatic heterocycles. The minimum atomic E-state index is -4.55. The largest absolute Gasteiger partial charge is 0.508 e. The van der Waals surface area contributed by atoms with Crippen LogP contribution in [-0.2, 0) is 6.42 Å². The second-order valence-electron chi connectivity index (χ2n) is 9.13. The second-order valence-corrected chi connectivity index (χ2v) is 10.3. The molecule has 2 aromatic heterocycles. The van der Waals surface area contributed by atoms with Gasteiger partial charge >= 0.3 is 11.9 Å².